The van der Waals surface area contributed by atoms with Crippen LogP contribution in [0.2, 0.25) is 0 Å². The Bertz CT molecular complexity index is 802. The van der Waals surface area contributed by atoms with Crippen molar-refractivity contribution in [2.75, 3.05) is 55.4 Å². The van der Waals surface area contributed by atoms with Gasteiger partial charge in [-0.1, -0.05) is 6.07 Å². The van der Waals surface area contributed by atoms with E-state index in [1.165, 1.54) is 0 Å². The summed E-state index contributed by atoms with van der Waals surface area (Å²) in [5.41, 5.74) is 3.58. The van der Waals surface area contributed by atoms with Crippen molar-refractivity contribution in [3.05, 3.63) is 54.1 Å². The van der Waals surface area contributed by atoms with Crippen molar-refractivity contribution in [1.29, 1.82) is 5.26 Å². The largest absolute Gasteiger partial charge is 0.378 e. The third-order valence-corrected chi connectivity index (χ3v) is 4.54. The minimum atomic E-state index is -0.0759. The van der Waals surface area contributed by atoms with E-state index in [9.17, 15) is 4.79 Å². The maximum absolute atomic E-state index is 12.5. The van der Waals surface area contributed by atoms with E-state index in [1.807, 2.05) is 66.4 Å². The Morgan fingerprint density at radius 2 is 1.77 bits per heavy atom. The molecule has 2 aromatic rings. The van der Waals surface area contributed by atoms with Crippen LogP contribution in [-0.2, 0) is 0 Å². The number of carbonyl (C=O) groups excluding carboxylic acids is 1. The standard InChI is InChI=1S/C20H23N5O/c1-23(2)18-8-6-17(7-9-18)22-20(26)25-12-10-24(11-13-25)19-5-3-4-16(14-19)15-21/h3-9,14H,10-13H2,1-2H3,(H,22,26). The van der Waals surface area contributed by atoms with Crippen LogP contribution in [0.15, 0.2) is 48.5 Å². The SMILES string of the molecule is CN(C)c1ccc(NC(=O)N2CCN(c3cccc(C#N)c3)CC2)cc1. The van der Waals surface area contributed by atoms with Crippen LogP contribution in [0.4, 0.5) is 21.9 Å². The van der Waals surface area contributed by atoms with Crippen molar-refractivity contribution in [2.45, 2.75) is 0 Å². The molecular formula is C20H23N5O. The van der Waals surface area contributed by atoms with Crippen molar-refractivity contribution in [3.63, 3.8) is 0 Å². The molecule has 1 heterocycles. The molecule has 0 aromatic heterocycles. The molecule has 134 valence electrons. The Balaban J connectivity index is 1.55. The number of anilines is 3. The monoisotopic (exact) mass is 349 g/mol. The Morgan fingerprint density at radius 3 is 2.38 bits per heavy atom. The predicted octanol–water partition coefficient (Wildman–Crippen LogP) is 2.98. The first-order chi connectivity index (χ1) is 12.6. The molecule has 0 bridgehead atoms. The van der Waals surface area contributed by atoms with Crippen LogP contribution in [-0.4, -0.2) is 51.2 Å². The molecule has 1 N–H and O–H groups in total. The summed E-state index contributed by atoms with van der Waals surface area (Å²) in [6.45, 7) is 2.81. The Kier molecular flexibility index (Phi) is 5.28. The number of hydrogen-bond donors (Lipinski definition) is 1. The van der Waals surface area contributed by atoms with E-state index in [-0.39, 0.29) is 6.03 Å². The molecule has 6 heteroatoms. The number of piperazine rings is 1. The third-order valence-electron chi connectivity index (χ3n) is 4.54. The van der Waals surface area contributed by atoms with Crippen LogP contribution in [0.1, 0.15) is 5.56 Å². The van der Waals surface area contributed by atoms with Gasteiger partial charge in [-0.05, 0) is 42.5 Å². The van der Waals surface area contributed by atoms with Gasteiger partial charge >= 0.3 is 6.03 Å². The molecule has 26 heavy (non-hydrogen) atoms. The van der Waals surface area contributed by atoms with E-state index in [4.69, 9.17) is 5.26 Å². The number of nitriles is 1. The summed E-state index contributed by atoms with van der Waals surface area (Å²) in [5.74, 6) is 0. The van der Waals surface area contributed by atoms with Gasteiger partial charge in [-0.25, -0.2) is 4.79 Å². The van der Waals surface area contributed by atoms with E-state index in [1.54, 1.807) is 6.07 Å². The number of carbonyl (C=O) groups is 1. The van der Waals surface area contributed by atoms with Crippen LogP contribution in [0, 0.1) is 11.3 Å². The quantitative estimate of drug-likeness (QED) is 0.925. The average molecular weight is 349 g/mol. The highest BCUT2D eigenvalue weighted by molar-refractivity contribution is 5.89. The molecule has 3 rings (SSSR count). The number of amides is 2. The number of rotatable bonds is 3. The van der Waals surface area contributed by atoms with Crippen molar-refractivity contribution < 1.29 is 4.79 Å². The minimum absolute atomic E-state index is 0.0759. The smallest absolute Gasteiger partial charge is 0.321 e. The fraction of sp³-hybridized carbons (Fsp3) is 0.300. The molecular weight excluding hydrogens is 326 g/mol. The van der Waals surface area contributed by atoms with Crippen molar-refractivity contribution >= 4 is 23.1 Å². The van der Waals surface area contributed by atoms with E-state index in [2.05, 4.69) is 16.3 Å². The predicted molar refractivity (Wildman–Crippen MR) is 105 cm³/mol. The zero-order valence-electron chi connectivity index (χ0n) is 15.1. The lowest BCUT2D eigenvalue weighted by molar-refractivity contribution is 0.208. The zero-order valence-corrected chi connectivity index (χ0v) is 15.1. The molecule has 0 atom stereocenters. The van der Waals surface area contributed by atoms with Gasteiger partial charge < -0.3 is 20.0 Å². The molecule has 1 saturated heterocycles. The Morgan fingerprint density at radius 1 is 1.08 bits per heavy atom. The van der Waals surface area contributed by atoms with Crippen LogP contribution >= 0.6 is 0 Å². The van der Waals surface area contributed by atoms with Crippen LogP contribution in [0.3, 0.4) is 0 Å². The number of nitrogens with zero attached hydrogens (tertiary/aromatic N) is 4. The Hall–Kier alpha value is -3.20. The van der Waals surface area contributed by atoms with E-state index >= 15 is 0 Å². The summed E-state index contributed by atoms with van der Waals surface area (Å²) < 4.78 is 0. The highest BCUT2D eigenvalue weighted by atomic mass is 16.2. The number of urea groups is 1. The topological polar surface area (TPSA) is 62.6 Å². The third kappa shape index (κ3) is 4.06. The summed E-state index contributed by atoms with van der Waals surface area (Å²) in [4.78, 5) is 18.5. The normalized spacial score (nSPS) is 13.9. The lowest BCUT2D eigenvalue weighted by Gasteiger charge is -2.36. The minimum Gasteiger partial charge on any atom is -0.378 e. The van der Waals surface area contributed by atoms with Crippen LogP contribution in [0.25, 0.3) is 0 Å². The summed E-state index contributed by atoms with van der Waals surface area (Å²) >= 11 is 0. The zero-order chi connectivity index (χ0) is 18.5. The second kappa shape index (κ2) is 7.79. The fourth-order valence-corrected chi connectivity index (χ4v) is 2.99. The van der Waals surface area contributed by atoms with Gasteiger partial charge in [0, 0.05) is 57.3 Å². The number of nitrogens with one attached hydrogen (secondary N) is 1. The van der Waals surface area contributed by atoms with Gasteiger partial charge in [0.1, 0.15) is 0 Å². The van der Waals surface area contributed by atoms with Crippen LogP contribution < -0.4 is 15.1 Å². The molecule has 2 amide bonds. The van der Waals surface area contributed by atoms with Gasteiger partial charge in [-0.3, -0.25) is 0 Å². The van der Waals surface area contributed by atoms with Crippen molar-refractivity contribution in [3.8, 4) is 6.07 Å². The van der Waals surface area contributed by atoms with Gasteiger partial charge in [-0.15, -0.1) is 0 Å². The van der Waals surface area contributed by atoms with Gasteiger partial charge in [0.15, 0.2) is 0 Å². The Labute approximate surface area is 154 Å². The maximum Gasteiger partial charge on any atom is 0.321 e. The molecule has 0 unspecified atom stereocenters. The second-order valence-corrected chi connectivity index (χ2v) is 6.51. The van der Waals surface area contributed by atoms with E-state index in [0.717, 1.165) is 30.2 Å². The molecule has 6 nitrogen and oxygen atoms in total. The number of benzene rings is 2. The molecule has 0 radical (unpaired) electrons. The first-order valence-corrected chi connectivity index (χ1v) is 8.65. The van der Waals surface area contributed by atoms with Gasteiger partial charge in [0.05, 0.1) is 11.6 Å². The fourth-order valence-electron chi connectivity index (χ4n) is 2.99. The van der Waals surface area contributed by atoms with Crippen molar-refractivity contribution in [2.24, 2.45) is 0 Å². The van der Waals surface area contributed by atoms with E-state index in [0.29, 0.717) is 18.7 Å². The lowest BCUT2D eigenvalue weighted by Crippen LogP contribution is -2.50. The van der Waals surface area contributed by atoms with E-state index < -0.39 is 0 Å². The highest BCUT2D eigenvalue weighted by Crippen LogP contribution is 2.19. The maximum atomic E-state index is 12.5. The van der Waals surface area contributed by atoms with Crippen molar-refractivity contribution in [1.82, 2.24) is 4.90 Å². The second-order valence-electron chi connectivity index (χ2n) is 6.51. The first-order valence-electron chi connectivity index (χ1n) is 8.65. The summed E-state index contributed by atoms with van der Waals surface area (Å²) in [7, 11) is 3.97. The highest BCUT2D eigenvalue weighted by Gasteiger charge is 2.21. The number of hydrogen-bond acceptors (Lipinski definition) is 4. The molecule has 0 saturated carbocycles. The summed E-state index contributed by atoms with van der Waals surface area (Å²) in [6, 6.07) is 17.5. The van der Waals surface area contributed by atoms with Gasteiger partial charge in [0.2, 0.25) is 0 Å². The summed E-state index contributed by atoms with van der Waals surface area (Å²) in [6.07, 6.45) is 0. The molecule has 0 aliphatic carbocycles. The molecule has 2 aromatic carbocycles. The van der Waals surface area contributed by atoms with Gasteiger partial charge in [0.25, 0.3) is 0 Å². The molecule has 1 fully saturated rings. The molecule has 1 aliphatic rings. The average Bonchev–Trinajstić information content (AvgIpc) is 2.68. The molecule has 1 aliphatic heterocycles. The summed E-state index contributed by atoms with van der Waals surface area (Å²) in [5, 5.41) is 12.0. The van der Waals surface area contributed by atoms with Crippen LogP contribution in [0.5, 0.6) is 0 Å². The van der Waals surface area contributed by atoms with Gasteiger partial charge in [-0.2, -0.15) is 5.26 Å². The first kappa shape index (κ1) is 17.6. The molecule has 0 spiro atoms. The lowest BCUT2D eigenvalue weighted by atomic mass is 10.2.